The van der Waals surface area contributed by atoms with Crippen LogP contribution in [0.5, 0.6) is 0 Å². The Balaban J connectivity index is 1.83. The highest BCUT2D eigenvalue weighted by molar-refractivity contribution is 5.83. The van der Waals surface area contributed by atoms with Crippen LogP contribution < -0.4 is 0 Å². The van der Waals surface area contributed by atoms with Crippen LogP contribution in [0.1, 0.15) is 12.0 Å². The van der Waals surface area contributed by atoms with Crippen molar-refractivity contribution in [1.29, 1.82) is 0 Å². The molecule has 0 amide bonds. The van der Waals surface area contributed by atoms with Crippen LogP contribution in [0, 0.1) is 5.82 Å². The Kier molecular flexibility index (Phi) is 2.40. The van der Waals surface area contributed by atoms with Gasteiger partial charge in [-0.25, -0.2) is 4.39 Å². The molecular formula is C13H15FN2. The molecule has 0 atom stereocenters. The van der Waals surface area contributed by atoms with Crippen LogP contribution >= 0.6 is 0 Å². The zero-order valence-electron chi connectivity index (χ0n) is 9.17. The van der Waals surface area contributed by atoms with Crippen molar-refractivity contribution in [2.45, 2.75) is 12.8 Å². The molecule has 16 heavy (non-hydrogen) atoms. The molecule has 0 aliphatic carbocycles. The molecule has 1 fully saturated rings. The van der Waals surface area contributed by atoms with Crippen LogP contribution in [0.4, 0.5) is 4.39 Å². The molecule has 1 aliphatic rings. The van der Waals surface area contributed by atoms with E-state index in [0.717, 1.165) is 18.4 Å². The highest BCUT2D eigenvalue weighted by Crippen LogP contribution is 2.21. The maximum atomic E-state index is 13.4. The molecule has 1 aromatic carbocycles. The van der Waals surface area contributed by atoms with Gasteiger partial charge >= 0.3 is 0 Å². The second kappa shape index (κ2) is 3.91. The highest BCUT2D eigenvalue weighted by Gasteiger charge is 2.14. The topological polar surface area (TPSA) is 19.0 Å². The summed E-state index contributed by atoms with van der Waals surface area (Å²) < 4.78 is 13.4. The van der Waals surface area contributed by atoms with E-state index >= 15 is 0 Å². The molecule has 0 saturated carbocycles. The van der Waals surface area contributed by atoms with Crippen LogP contribution in [-0.2, 0) is 6.42 Å². The summed E-state index contributed by atoms with van der Waals surface area (Å²) in [5.41, 5.74) is 1.86. The standard InChI is InChI=1S/C13H15FN2/c14-12-4-1-3-11-10(9-15-13(11)12)5-8-16-6-2-7-16/h1,3-4,9,15H,2,5-8H2. The van der Waals surface area contributed by atoms with Gasteiger partial charge in [0.15, 0.2) is 0 Å². The van der Waals surface area contributed by atoms with Crippen LogP contribution in [-0.4, -0.2) is 29.5 Å². The Labute approximate surface area is 94.1 Å². The summed E-state index contributed by atoms with van der Waals surface area (Å²) in [6.45, 7) is 3.52. The molecule has 3 rings (SSSR count). The van der Waals surface area contributed by atoms with Gasteiger partial charge in [-0.1, -0.05) is 12.1 Å². The molecule has 2 nitrogen and oxygen atoms in total. The number of likely N-dealkylation sites (tertiary alicyclic amines) is 1. The molecular weight excluding hydrogens is 203 g/mol. The summed E-state index contributed by atoms with van der Waals surface area (Å²) in [5.74, 6) is -0.160. The second-order valence-corrected chi connectivity index (χ2v) is 4.42. The Morgan fingerprint density at radius 3 is 2.94 bits per heavy atom. The van der Waals surface area contributed by atoms with Crippen molar-refractivity contribution in [2.24, 2.45) is 0 Å². The normalized spacial score (nSPS) is 16.6. The Morgan fingerprint density at radius 2 is 2.19 bits per heavy atom. The van der Waals surface area contributed by atoms with Crippen molar-refractivity contribution >= 4 is 10.9 Å². The van der Waals surface area contributed by atoms with Crippen molar-refractivity contribution in [3.05, 3.63) is 35.8 Å². The van der Waals surface area contributed by atoms with Crippen molar-refractivity contribution in [3.63, 3.8) is 0 Å². The van der Waals surface area contributed by atoms with E-state index in [9.17, 15) is 4.39 Å². The van der Waals surface area contributed by atoms with Gasteiger partial charge < -0.3 is 9.88 Å². The number of H-pyrrole nitrogens is 1. The van der Waals surface area contributed by atoms with Crippen LogP contribution in [0.15, 0.2) is 24.4 Å². The molecule has 0 spiro atoms. The molecule has 3 heteroatoms. The Hall–Kier alpha value is -1.35. The Bertz CT molecular complexity index is 500. The third-order valence-electron chi connectivity index (χ3n) is 3.40. The summed E-state index contributed by atoms with van der Waals surface area (Å²) in [4.78, 5) is 5.45. The first-order valence-electron chi connectivity index (χ1n) is 5.81. The number of hydrogen-bond donors (Lipinski definition) is 1. The number of aromatic nitrogens is 1. The molecule has 1 N–H and O–H groups in total. The van der Waals surface area contributed by atoms with Gasteiger partial charge in [0, 0.05) is 18.1 Å². The fourth-order valence-electron chi connectivity index (χ4n) is 2.27. The van der Waals surface area contributed by atoms with E-state index in [4.69, 9.17) is 0 Å². The summed E-state index contributed by atoms with van der Waals surface area (Å²) in [7, 11) is 0. The zero-order chi connectivity index (χ0) is 11.0. The van der Waals surface area contributed by atoms with Crippen molar-refractivity contribution in [1.82, 2.24) is 9.88 Å². The average molecular weight is 218 g/mol. The molecule has 0 bridgehead atoms. The molecule has 1 aliphatic heterocycles. The number of fused-ring (bicyclic) bond motifs is 1. The highest BCUT2D eigenvalue weighted by atomic mass is 19.1. The van der Waals surface area contributed by atoms with Crippen LogP contribution in [0.2, 0.25) is 0 Å². The minimum atomic E-state index is -0.160. The van der Waals surface area contributed by atoms with Crippen molar-refractivity contribution in [3.8, 4) is 0 Å². The van der Waals surface area contributed by atoms with Gasteiger partial charge in [0.25, 0.3) is 0 Å². The smallest absolute Gasteiger partial charge is 0.147 e. The predicted molar refractivity (Wildman–Crippen MR) is 63.0 cm³/mol. The fourth-order valence-corrected chi connectivity index (χ4v) is 2.27. The van der Waals surface area contributed by atoms with Gasteiger partial charge in [-0.2, -0.15) is 0 Å². The van der Waals surface area contributed by atoms with Crippen molar-refractivity contribution in [2.75, 3.05) is 19.6 Å². The SMILES string of the molecule is Fc1cccc2c(CCN3CCC3)c[nH]c12. The minimum Gasteiger partial charge on any atom is -0.359 e. The third-order valence-corrected chi connectivity index (χ3v) is 3.40. The predicted octanol–water partition coefficient (Wildman–Crippen LogP) is 2.56. The molecule has 0 unspecified atom stereocenters. The largest absolute Gasteiger partial charge is 0.359 e. The van der Waals surface area contributed by atoms with E-state index in [0.29, 0.717) is 5.52 Å². The molecule has 84 valence electrons. The summed E-state index contributed by atoms with van der Waals surface area (Å²) >= 11 is 0. The monoisotopic (exact) mass is 218 g/mol. The minimum absolute atomic E-state index is 0.160. The summed E-state index contributed by atoms with van der Waals surface area (Å²) in [6.07, 6.45) is 4.26. The van der Waals surface area contributed by atoms with E-state index in [1.54, 1.807) is 6.07 Å². The molecule has 1 aromatic heterocycles. The molecule has 2 aromatic rings. The van der Waals surface area contributed by atoms with E-state index in [2.05, 4.69) is 9.88 Å². The Morgan fingerprint density at radius 1 is 1.31 bits per heavy atom. The summed E-state index contributed by atoms with van der Waals surface area (Å²) in [6, 6.07) is 5.26. The number of hydrogen-bond acceptors (Lipinski definition) is 1. The van der Waals surface area contributed by atoms with Crippen molar-refractivity contribution < 1.29 is 4.39 Å². The van der Waals surface area contributed by atoms with E-state index in [1.165, 1.54) is 31.1 Å². The van der Waals surface area contributed by atoms with Crippen LogP contribution in [0.3, 0.4) is 0 Å². The van der Waals surface area contributed by atoms with Gasteiger partial charge in [-0.05, 0) is 37.6 Å². The van der Waals surface area contributed by atoms with Gasteiger partial charge in [0.1, 0.15) is 5.82 Å². The number of rotatable bonds is 3. The quantitative estimate of drug-likeness (QED) is 0.838. The average Bonchev–Trinajstić information content (AvgIpc) is 2.61. The van der Waals surface area contributed by atoms with Gasteiger partial charge in [-0.15, -0.1) is 0 Å². The first-order valence-corrected chi connectivity index (χ1v) is 5.81. The number of para-hydroxylation sites is 1. The first-order chi connectivity index (χ1) is 7.84. The zero-order valence-corrected chi connectivity index (χ0v) is 9.17. The van der Waals surface area contributed by atoms with Gasteiger partial charge in [0.05, 0.1) is 5.52 Å². The van der Waals surface area contributed by atoms with Gasteiger partial charge in [-0.3, -0.25) is 0 Å². The number of benzene rings is 1. The lowest BCUT2D eigenvalue weighted by Crippen LogP contribution is -2.38. The van der Waals surface area contributed by atoms with Crippen LogP contribution in [0.25, 0.3) is 10.9 Å². The van der Waals surface area contributed by atoms with E-state index in [1.807, 2.05) is 12.3 Å². The lowest BCUT2D eigenvalue weighted by atomic mass is 10.1. The van der Waals surface area contributed by atoms with E-state index in [-0.39, 0.29) is 5.82 Å². The summed E-state index contributed by atoms with van der Waals surface area (Å²) in [5, 5.41) is 1.03. The van der Waals surface area contributed by atoms with E-state index < -0.39 is 0 Å². The maximum absolute atomic E-state index is 13.4. The number of nitrogens with zero attached hydrogens (tertiary/aromatic N) is 1. The first kappa shape index (κ1) is 9.85. The number of halogens is 1. The lowest BCUT2D eigenvalue weighted by molar-refractivity contribution is 0.184. The number of nitrogens with one attached hydrogen (secondary N) is 1. The third kappa shape index (κ3) is 1.61. The number of aromatic amines is 1. The molecule has 1 saturated heterocycles. The maximum Gasteiger partial charge on any atom is 0.147 e. The lowest BCUT2D eigenvalue weighted by Gasteiger charge is -2.30. The second-order valence-electron chi connectivity index (χ2n) is 4.42. The van der Waals surface area contributed by atoms with Gasteiger partial charge in [0.2, 0.25) is 0 Å². The molecule has 2 heterocycles. The molecule has 0 radical (unpaired) electrons. The fraction of sp³-hybridized carbons (Fsp3) is 0.385.